The molecule has 0 aromatic carbocycles. The van der Waals surface area contributed by atoms with E-state index >= 15 is 0 Å². The minimum atomic E-state index is 0.615. The van der Waals surface area contributed by atoms with Crippen molar-refractivity contribution >= 4 is 0 Å². The van der Waals surface area contributed by atoms with Crippen LogP contribution in [0.15, 0.2) is 0 Å². The minimum Gasteiger partial charge on any atom is -0.313 e. The van der Waals surface area contributed by atoms with Gasteiger partial charge in [0.15, 0.2) is 0 Å². The van der Waals surface area contributed by atoms with Crippen molar-refractivity contribution in [1.29, 1.82) is 0 Å². The molecule has 4 unspecified atom stereocenters. The Balaban J connectivity index is 2.04. The fraction of sp³-hybridized carbons (Fsp3) is 1.00. The molecule has 1 N–H and O–H groups in total. The van der Waals surface area contributed by atoms with E-state index in [1.165, 1.54) is 25.8 Å². The molecule has 2 bridgehead atoms. The molecule has 3 aliphatic carbocycles. The third-order valence-corrected chi connectivity index (χ3v) is 6.02. The number of hydrogen-bond donors (Lipinski definition) is 1. The van der Waals surface area contributed by atoms with Crippen LogP contribution in [0.25, 0.3) is 0 Å². The van der Waals surface area contributed by atoms with Crippen molar-refractivity contribution in [2.45, 2.75) is 66.8 Å². The smallest absolute Gasteiger partial charge is 0.00982 e. The first-order valence-electron chi connectivity index (χ1n) is 8.11. The van der Waals surface area contributed by atoms with Gasteiger partial charge in [0.1, 0.15) is 0 Å². The van der Waals surface area contributed by atoms with Crippen LogP contribution < -0.4 is 5.32 Å². The number of fused-ring (bicyclic) bond motifs is 2. The van der Waals surface area contributed by atoms with Crippen LogP contribution in [0.5, 0.6) is 0 Å². The summed E-state index contributed by atoms with van der Waals surface area (Å²) in [6.07, 6.45) is 4.26. The summed E-state index contributed by atoms with van der Waals surface area (Å²) in [4.78, 5) is 0. The molecular weight excluding hydrogens is 218 g/mol. The van der Waals surface area contributed by atoms with E-state index in [1.807, 2.05) is 0 Å². The molecule has 0 spiro atoms. The SMILES string of the molecule is CC[C@H](NCC(C)C)C1C(C)CC2CC1C2(C)C. The van der Waals surface area contributed by atoms with Crippen LogP contribution in [0.2, 0.25) is 0 Å². The summed E-state index contributed by atoms with van der Waals surface area (Å²) in [5, 5.41) is 3.86. The lowest BCUT2D eigenvalue weighted by molar-refractivity contribution is -0.140. The first-order valence-corrected chi connectivity index (χ1v) is 8.11. The molecule has 0 radical (unpaired) electrons. The molecule has 1 nitrogen and oxygen atoms in total. The molecule has 3 fully saturated rings. The van der Waals surface area contributed by atoms with Crippen molar-refractivity contribution < 1.29 is 0 Å². The van der Waals surface area contributed by atoms with Gasteiger partial charge in [0, 0.05) is 6.04 Å². The Morgan fingerprint density at radius 3 is 2.39 bits per heavy atom. The van der Waals surface area contributed by atoms with Gasteiger partial charge in [-0.15, -0.1) is 0 Å². The third kappa shape index (κ3) is 2.35. The summed E-state index contributed by atoms with van der Waals surface area (Å²) in [5.41, 5.74) is 0.615. The summed E-state index contributed by atoms with van der Waals surface area (Å²) in [6, 6.07) is 0.743. The number of nitrogens with one attached hydrogen (secondary N) is 1. The van der Waals surface area contributed by atoms with Gasteiger partial charge in [-0.05, 0) is 60.8 Å². The molecule has 0 saturated heterocycles. The molecule has 1 heteroatoms. The fourth-order valence-corrected chi connectivity index (χ4v) is 4.73. The summed E-state index contributed by atoms with van der Waals surface area (Å²) in [5.74, 6) is 4.58. The van der Waals surface area contributed by atoms with Gasteiger partial charge in [0.05, 0.1) is 0 Å². The van der Waals surface area contributed by atoms with Crippen molar-refractivity contribution in [3.63, 3.8) is 0 Å². The van der Waals surface area contributed by atoms with Gasteiger partial charge in [0.25, 0.3) is 0 Å². The zero-order chi connectivity index (χ0) is 13.5. The molecule has 0 amide bonds. The highest BCUT2D eigenvalue weighted by Crippen LogP contribution is 2.63. The predicted molar refractivity (Wildman–Crippen MR) is 79.6 cm³/mol. The van der Waals surface area contributed by atoms with Gasteiger partial charge in [-0.25, -0.2) is 0 Å². The molecule has 5 atom stereocenters. The van der Waals surface area contributed by atoms with Crippen molar-refractivity contribution in [1.82, 2.24) is 5.32 Å². The van der Waals surface area contributed by atoms with Crippen LogP contribution in [-0.2, 0) is 0 Å². The van der Waals surface area contributed by atoms with Gasteiger partial charge in [-0.1, -0.05) is 41.5 Å². The number of rotatable bonds is 5. The number of hydrogen-bond acceptors (Lipinski definition) is 1. The highest BCUT2D eigenvalue weighted by Gasteiger charge is 2.57. The second kappa shape index (κ2) is 5.15. The van der Waals surface area contributed by atoms with Crippen molar-refractivity contribution in [2.75, 3.05) is 6.54 Å². The first-order chi connectivity index (χ1) is 8.37. The fourth-order valence-electron chi connectivity index (χ4n) is 4.73. The van der Waals surface area contributed by atoms with Crippen molar-refractivity contribution in [2.24, 2.45) is 35.0 Å². The van der Waals surface area contributed by atoms with Crippen LogP contribution in [0.3, 0.4) is 0 Å². The van der Waals surface area contributed by atoms with Gasteiger partial charge in [-0.3, -0.25) is 0 Å². The van der Waals surface area contributed by atoms with Crippen LogP contribution in [-0.4, -0.2) is 12.6 Å². The maximum atomic E-state index is 3.86. The Bertz CT molecular complexity index is 281. The van der Waals surface area contributed by atoms with Crippen LogP contribution in [0, 0.1) is 35.0 Å². The lowest BCUT2D eigenvalue weighted by atomic mass is 9.42. The maximum Gasteiger partial charge on any atom is 0.00982 e. The zero-order valence-corrected chi connectivity index (χ0v) is 13.3. The summed E-state index contributed by atoms with van der Waals surface area (Å²) in [6.45, 7) is 15.7. The Morgan fingerprint density at radius 1 is 1.22 bits per heavy atom. The van der Waals surface area contributed by atoms with E-state index in [4.69, 9.17) is 0 Å². The van der Waals surface area contributed by atoms with Gasteiger partial charge in [-0.2, -0.15) is 0 Å². The van der Waals surface area contributed by atoms with Crippen molar-refractivity contribution in [3.8, 4) is 0 Å². The second-order valence-electron chi connectivity index (χ2n) is 7.97. The van der Waals surface area contributed by atoms with E-state index in [2.05, 4.69) is 46.9 Å². The maximum absolute atomic E-state index is 3.86. The normalized spacial score (nSPS) is 39.5. The average Bonchev–Trinajstić information content (AvgIpc) is 2.30. The zero-order valence-electron chi connectivity index (χ0n) is 13.3. The lowest BCUT2D eigenvalue weighted by Gasteiger charge is -2.64. The van der Waals surface area contributed by atoms with E-state index in [1.54, 1.807) is 0 Å². The topological polar surface area (TPSA) is 12.0 Å². The van der Waals surface area contributed by atoms with Crippen LogP contribution in [0.1, 0.15) is 60.8 Å². The molecule has 0 heterocycles. The summed E-state index contributed by atoms with van der Waals surface area (Å²) >= 11 is 0. The van der Waals surface area contributed by atoms with Gasteiger partial charge < -0.3 is 5.32 Å². The molecule has 18 heavy (non-hydrogen) atoms. The third-order valence-electron chi connectivity index (χ3n) is 6.02. The minimum absolute atomic E-state index is 0.615. The molecule has 3 aliphatic rings. The molecule has 3 rings (SSSR count). The van der Waals surface area contributed by atoms with Crippen LogP contribution >= 0.6 is 0 Å². The first kappa shape index (κ1) is 14.4. The van der Waals surface area contributed by atoms with Gasteiger partial charge >= 0.3 is 0 Å². The van der Waals surface area contributed by atoms with E-state index in [0.29, 0.717) is 5.41 Å². The standard InChI is InChI=1S/C17H33N/c1-7-15(18-10-11(2)3)16-12(4)8-13-9-14(16)17(13,5)6/h11-16,18H,7-10H2,1-6H3/t12?,13?,14?,15-,16?/m0/s1. The summed E-state index contributed by atoms with van der Waals surface area (Å²) < 4.78 is 0. The molecule has 0 aliphatic heterocycles. The molecule has 0 aromatic heterocycles. The monoisotopic (exact) mass is 251 g/mol. The van der Waals surface area contributed by atoms with E-state index in [9.17, 15) is 0 Å². The molecule has 106 valence electrons. The highest BCUT2D eigenvalue weighted by molar-refractivity contribution is 5.07. The average molecular weight is 251 g/mol. The van der Waals surface area contributed by atoms with E-state index in [0.717, 1.165) is 35.6 Å². The van der Waals surface area contributed by atoms with Crippen molar-refractivity contribution in [3.05, 3.63) is 0 Å². The molecule has 3 saturated carbocycles. The Labute approximate surface area is 114 Å². The molecular formula is C17H33N. The van der Waals surface area contributed by atoms with Gasteiger partial charge in [0.2, 0.25) is 0 Å². The second-order valence-corrected chi connectivity index (χ2v) is 7.97. The Morgan fingerprint density at radius 2 is 1.89 bits per heavy atom. The molecule has 0 aromatic rings. The highest BCUT2D eigenvalue weighted by atomic mass is 14.9. The van der Waals surface area contributed by atoms with E-state index < -0.39 is 0 Å². The van der Waals surface area contributed by atoms with E-state index in [-0.39, 0.29) is 0 Å². The Kier molecular flexibility index (Phi) is 4.11. The summed E-state index contributed by atoms with van der Waals surface area (Å²) in [7, 11) is 0. The lowest BCUT2D eigenvalue weighted by Crippen LogP contribution is -2.60. The predicted octanol–water partition coefficient (Wildman–Crippen LogP) is 4.33. The largest absolute Gasteiger partial charge is 0.313 e. The Hall–Kier alpha value is -0.0400. The quantitative estimate of drug-likeness (QED) is 0.767. The van der Waals surface area contributed by atoms with Crippen LogP contribution in [0.4, 0.5) is 0 Å².